The molecule has 2 N–H and O–H groups in total. The first kappa shape index (κ1) is 11.7. The predicted octanol–water partition coefficient (Wildman–Crippen LogP) is 2.91. The lowest BCUT2D eigenvalue weighted by atomic mass is 10.0. The number of oxime groups is 1. The first-order valence-electron chi connectivity index (χ1n) is 5.50. The Kier molecular flexibility index (Phi) is 2.53. The van der Waals surface area contributed by atoms with Gasteiger partial charge in [-0.15, -0.1) is 0 Å². The van der Waals surface area contributed by atoms with Gasteiger partial charge in [0.05, 0.1) is 16.0 Å². The van der Waals surface area contributed by atoms with Crippen LogP contribution >= 0.6 is 11.3 Å². The Balaban J connectivity index is 2.66. The van der Waals surface area contributed by atoms with Gasteiger partial charge in [-0.1, -0.05) is 40.8 Å². The smallest absolute Gasteiger partial charge is 0.396 e. The van der Waals surface area contributed by atoms with Crippen LogP contribution in [0.5, 0.6) is 5.75 Å². The van der Waals surface area contributed by atoms with Crippen LogP contribution in [0.3, 0.4) is 0 Å². The van der Waals surface area contributed by atoms with Gasteiger partial charge in [0.1, 0.15) is 5.75 Å². The van der Waals surface area contributed by atoms with Crippen molar-refractivity contribution in [3.8, 4) is 5.75 Å². The molecule has 96 valence electrons. The second kappa shape index (κ2) is 4.10. The van der Waals surface area contributed by atoms with E-state index in [0.29, 0.717) is 26.6 Å². The highest BCUT2D eigenvalue weighted by atomic mass is 32.1. The molecule has 0 saturated carbocycles. The molecular formula is C13H9NO4S. The van der Waals surface area contributed by atoms with Gasteiger partial charge in [0.15, 0.2) is 5.58 Å². The fourth-order valence-electron chi connectivity index (χ4n) is 2.14. The lowest BCUT2D eigenvalue weighted by Crippen LogP contribution is -1.96. The third-order valence-electron chi connectivity index (χ3n) is 2.98. The maximum Gasteiger partial charge on any atom is 0.396 e. The van der Waals surface area contributed by atoms with Crippen LogP contribution in [0.25, 0.3) is 21.1 Å². The van der Waals surface area contributed by atoms with E-state index in [4.69, 9.17) is 9.62 Å². The zero-order valence-corrected chi connectivity index (χ0v) is 10.7. The monoisotopic (exact) mass is 275 g/mol. The Labute approximate surface area is 111 Å². The number of aromatic hydroxyl groups is 1. The van der Waals surface area contributed by atoms with E-state index in [-0.39, 0.29) is 11.5 Å². The molecule has 0 fully saturated rings. The second-order valence-electron chi connectivity index (χ2n) is 4.07. The van der Waals surface area contributed by atoms with E-state index in [9.17, 15) is 9.90 Å². The number of hydrogen-bond donors (Lipinski definition) is 2. The minimum Gasteiger partial charge on any atom is -0.507 e. The normalized spacial score (nSPS) is 12.4. The van der Waals surface area contributed by atoms with Crippen molar-refractivity contribution >= 4 is 38.1 Å². The van der Waals surface area contributed by atoms with E-state index < -0.39 is 4.94 Å². The van der Waals surface area contributed by atoms with E-state index in [2.05, 4.69) is 5.16 Å². The Morgan fingerprint density at radius 1 is 1.32 bits per heavy atom. The van der Waals surface area contributed by atoms with E-state index >= 15 is 0 Å². The minimum absolute atomic E-state index is 0.0181. The van der Waals surface area contributed by atoms with Gasteiger partial charge in [0, 0.05) is 10.8 Å². The molecule has 1 aromatic heterocycles. The standard InChI is InChI=1S/C13H9NO4S/c1-6(14-17)9-10(15)7-4-2-3-5-8(7)11-12(9)19-13(16)18-11/h2-5,15,17H,1H3/b14-6+. The summed E-state index contributed by atoms with van der Waals surface area (Å²) in [6, 6.07) is 7.05. The van der Waals surface area contributed by atoms with Gasteiger partial charge in [-0.3, -0.25) is 0 Å². The molecule has 0 aliphatic heterocycles. The highest BCUT2D eigenvalue weighted by molar-refractivity contribution is 7.16. The summed E-state index contributed by atoms with van der Waals surface area (Å²) in [5, 5.41) is 23.6. The molecule has 0 saturated heterocycles. The molecule has 0 bridgehead atoms. The fraction of sp³-hybridized carbons (Fsp3) is 0.0769. The molecule has 0 amide bonds. The van der Waals surface area contributed by atoms with Crippen LogP contribution in [0.1, 0.15) is 12.5 Å². The molecule has 3 rings (SSSR count). The Bertz CT molecular complexity index is 875. The molecule has 0 radical (unpaired) electrons. The SMILES string of the molecule is C/C(=N\O)c1c(O)c2ccccc2c2oc(=O)sc12. The molecule has 0 unspecified atom stereocenters. The molecule has 6 heteroatoms. The van der Waals surface area contributed by atoms with Crippen molar-refractivity contribution < 1.29 is 14.7 Å². The zero-order valence-electron chi connectivity index (χ0n) is 9.88. The van der Waals surface area contributed by atoms with Gasteiger partial charge in [-0.25, -0.2) is 4.79 Å². The van der Waals surface area contributed by atoms with Crippen molar-refractivity contribution in [2.24, 2.45) is 5.16 Å². The van der Waals surface area contributed by atoms with Crippen molar-refractivity contribution in [1.29, 1.82) is 0 Å². The predicted molar refractivity (Wildman–Crippen MR) is 73.5 cm³/mol. The quantitative estimate of drug-likeness (QED) is 0.406. The number of fused-ring (bicyclic) bond motifs is 3. The summed E-state index contributed by atoms with van der Waals surface area (Å²) >= 11 is 0.877. The number of hydrogen-bond acceptors (Lipinski definition) is 6. The molecule has 0 atom stereocenters. The third kappa shape index (κ3) is 1.61. The van der Waals surface area contributed by atoms with Crippen molar-refractivity contribution in [2.75, 3.05) is 0 Å². The van der Waals surface area contributed by atoms with Crippen LogP contribution in [0.2, 0.25) is 0 Å². The Morgan fingerprint density at radius 3 is 2.68 bits per heavy atom. The summed E-state index contributed by atoms with van der Waals surface area (Å²) in [4.78, 5) is 11.0. The average Bonchev–Trinajstić information content (AvgIpc) is 2.80. The van der Waals surface area contributed by atoms with E-state index in [1.54, 1.807) is 31.2 Å². The molecule has 19 heavy (non-hydrogen) atoms. The van der Waals surface area contributed by atoms with E-state index in [1.807, 2.05) is 0 Å². The van der Waals surface area contributed by atoms with Gasteiger partial charge in [-0.05, 0) is 6.92 Å². The number of nitrogens with zero attached hydrogens (tertiary/aromatic N) is 1. The number of rotatable bonds is 1. The maximum atomic E-state index is 11.5. The summed E-state index contributed by atoms with van der Waals surface area (Å²) in [5.74, 6) is -0.0181. The molecule has 3 aromatic rings. The average molecular weight is 275 g/mol. The van der Waals surface area contributed by atoms with Gasteiger partial charge >= 0.3 is 4.94 Å². The molecular weight excluding hydrogens is 266 g/mol. The minimum atomic E-state index is -0.460. The van der Waals surface area contributed by atoms with Crippen LogP contribution < -0.4 is 4.94 Å². The van der Waals surface area contributed by atoms with Crippen LogP contribution in [0.15, 0.2) is 38.6 Å². The lowest BCUT2D eigenvalue weighted by molar-refractivity contribution is 0.319. The summed E-state index contributed by atoms with van der Waals surface area (Å²) < 4.78 is 5.67. The highest BCUT2D eigenvalue weighted by Crippen LogP contribution is 2.38. The topological polar surface area (TPSA) is 83.0 Å². The van der Waals surface area contributed by atoms with Crippen LogP contribution in [-0.4, -0.2) is 16.0 Å². The van der Waals surface area contributed by atoms with Crippen LogP contribution in [0.4, 0.5) is 0 Å². The molecule has 2 aromatic carbocycles. The van der Waals surface area contributed by atoms with E-state index in [0.717, 1.165) is 11.3 Å². The van der Waals surface area contributed by atoms with Crippen molar-refractivity contribution in [3.63, 3.8) is 0 Å². The maximum absolute atomic E-state index is 11.5. The number of benzene rings is 2. The fourth-order valence-corrected chi connectivity index (χ4v) is 3.02. The van der Waals surface area contributed by atoms with Crippen molar-refractivity contribution in [2.45, 2.75) is 6.92 Å². The highest BCUT2D eigenvalue weighted by Gasteiger charge is 2.20. The zero-order chi connectivity index (χ0) is 13.6. The number of phenolic OH excluding ortho intramolecular Hbond substituents is 1. The van der Waals surface area contributed by atoms with Gasteiger partial charge in [0.2, 0.25) is 0 Å². The van der Waals surface area contributed by atoms with Gasteiger partial charge < -0.3 is 14.7 Å². The summed E-state index contributed by atoms with van der Waals surface area (Å²) in [6.07, 6.45) is 0. The first-order valence-corrected chi connectivity index (χ1v) is 6.31. The number of phenols is 1. The molecule has 0 aliphatic carbocycles. The van der Waals surface area contributed by atoms with Crippen molar-refractivity contribution in [3.05, 3.63) is 39.6 Å². The summed E-state index contributed by atoms with van der Waals surface area (Å²) in [6.45, 7) is 1.55. The van der Waals surface area contributed by atoms with E-state index in [1.165, 1.54) is 0 Å². The summed E-state index contributed by atoms with van der Waals surface area (Å²) in [5.41, 5.74) is 0.957. The second-order valence-corrected chi connectivity index (χ2v) is 5.01. The third-order valence-corrected chi connectivity index (χ3v) is 3.82. The molecule has 1 heterocycles. The Morgan fingerprint density at radius 2 is 2.00 bits per heavy atom. The van der Waals surface area contributed by atoms with Crippen molar-refractivity contribution in [1.82, 2.24) is 0 Å². The summed E-state index contributed by atoms with van der Waals surface area (Å²) in [7, 11) is 0. The van der Waals surface area contributed by atoms with Crippen LogP contribution in [0, 0.1) is 0 Å². The Hall–Kier alpha value is -2.34. The molecule has 0 spiro atoms. The first-order chi connectivity index (χ1) is 9.13. The molecule has 5 nitrogen and oxygen atoms in total. The largest absolute Gasteiger partial charge is 0.507 e. The molecule has 0 aliphatic rings. The lowest BCUT2D eigenvalue weighted by Gasteiger charge is -2.07. The van der Waals surface area contributed by atoms with Gasteiger partial charge in [-0.2, -0.15) is 0 Å². The van der Waals surface area contributed by atoms with Gasteiger partial charge in [0.25, 0.3) is 0 Å². The van der Waals surface area contributed by atoms with Crippen LogP contribution in [-0.2, 0) is 0 Å².